The topological polar surface area (TPSA) is 15.3 Å². The molecule has 0 heterocycles. The summed E-state index contributed by atoms with van der Waals surface area (Å²) in [4.78, 5) is 2.55. The molecule has 1 N–H and O–H groups in total. The van der Waals surface area contributed by atoms with Crippen molar-refractivity contribution in [2.24, 2.45) is 5.92 Å². The molecule has 0 radical (unpaired) electrons. The number of nitrogens with one attached hydrogen (secondary N) is 1. The third-order valence-corrected chi connectivity index (χ3v) is 3.93. The zero-order valence-electron chi connectivity index (χ0n) is 14.9. The summed E-state index contributed by atoms with van der Waals surface area (Å²) in [5.74, 6) is 0.774. The standard InChI is InChI=1S/C19H34N2/c1-7-16(3)14-21(8-2)15-18-11-9-10-17(12-18)13-20-19(4,5)6/h9-12,16,20H,7-8,13-15H2,1-6H3. The molecule has 0 fully saturated rings. The molecule has 2 nitrogen and oxygen atoms in total. The average Bonchev–Trinajstić information content (AvgIpc) is 2.44. The summed E-state index contributed by atoms with van der Waals surface area (Å²) >= 11 is 0. The molecule has 1 aromatic rings. The Labute approximate surface area is 131 Å². The third kappa shape index (κ3) is 7.63. The van der Waals surface area contributed by atoms with E-state index in [1.54, 1.807) is 0 Å². The van der Waals surface area contributed by atoms with Crippen molar-refractivity contribution in [3.05, 3.63) is 35.4 Å². The lowest BCUT2D eigenvalue weighted by molar-refractivity contribution is 0.238. The monoisotopic (exact) mass is 290 g/mol. The van der Waals surface area contributed by atoms with Crippen LogP contribution in [0.15, 0.2) is 24.3 Å². The highest BCUT2D eigenvalue weighted by atomic mass is 15.1. The number of nitrogens with zero attached hydrogens (tertiary/aromatic N) is 1. The lowest BCUT2D eigenvalue weighted by Crippen LogP contribution is -2.35. The molecular weight excluding hydrogens is 256 g/mol. The van der Waals surface area contributed by atoms with Gasteiger partial charge in [0.1, 0.15) is 0 Å². The van der Waals surface area contributed by atoms with Gasteiger partial charge in [-0.05, 0) is 44.4 Å². The maximum absolute atomic E-state index is 3.56. The van der Waals surface area contributed by atoms with Crippen molar-refractivity contribution in [2.45, 2.75) is 66.6 Å². The smallest absolute Gasteiger partial charge is 0.0233 e. The van der Waals surface area contributed by atoms with Gasteiger partial charge in [-0.3, -0.25) is 4.90 Å². The van der Waals surface area contributed by atoms with Crippen LogP contribution in [0.25, 0.3) is 0 Å². The largest absolute Gasteiger partial charge is 0.308 e. The van der Waals surface area contributed by atoms with Crippen LogP contribution >= 0.6 is 0 Å². The summed E-state index contributed by atoms with van der Waals surface area (Å²) < 4.78 is 0. The van der Waals surface area contributed by atoms with E-state index in [4.69, 9.17) is 0 Å². The number of hydrogen-bond donors (Lipinski definition) is 1. The highest BCUT2D eigenvalue weighted by Gasteiger charge is 2.10. The Balaban J connectivity index is 2.62. The summed E-state index contributed by atoms with van der Waals surface area (Å²) in [5, 5.41) is 3.56. The van der Waals surface area contributed by atoms with Crippen molar-refractivity contribution in [2.75, 3.05) is 13.1 Å². The van der Waals surface area contributed by atoms with Gasteiger partial charge in [0, 0.05) is 25.2 Å². The van der Waals surface area contributed by atoms with E-state index in [-0.39, 0.29) is 5.54 Å². The van der Waals surface area contributed by atoms with Crippen LogP contribution in [0.3, 0.4) is 0 Å². The van der Waals surface area contributed by atoms with E-state index in [0.29, 0.717) is 0 Å². The first-order chi connectivity index (χ1) is 9.84. The van der Waals surface area contributed by atoms with Crippen molar-refractivity contribution in [3.8, 4) is 0 Å². The van der Waals surface area contributed by atoms with Gasteiger partial charge in [-0.25, -0.2) is 0 Å². The van der Waals surface area contributed by atoms with Crippen molar-refractivity contribution in [1.82, 2.24) is 10.2 Å². The molecule has 0 bridgehead atoms. The van der Waals surface area contributed by atoms with E-state index in [1.807, 2.05) is 0 Å². The molecule has 1 atom stereocenters. The molecule has 0 saturated heterocycles. The summed E-state index contributed by atoms with van der Waals surface area (Å²) in [6.07, 6.45) is 1.26. The van der Waals surface area contributed by atoms with E-state index in [2.05, 4.69) is 76.0 Å². The van der Waals surface area contributed by atoms with Crippen molar-refractivity contribution < 1.29 is 0 Å². The first kappa shape index (κ1) is 18.2. The summed E-state index contributed by atoms with van der Waals surface area (Å²) in [7, 11) is 0. The van der Waals surface area contributed by atoms with Crippen LogP contribution in [0, 0.1) is 5.92 Å². The van der Waals surface area contributed by atoms with E-state index in [0.717, 1.165) is 25.6 Å². The zero-order valence-corrected chi connectivity index (χ0v) is 14.9. The fourth-order valence-corrected chi connectivity index (χ4v) is 2.34. The third-order valence-electron chi connectivity index (χ3n) is 3.93. The van der Waals surface area contributed by atoms with Gasteiger partial charge in [0.05, 0.1) is 0 Å². The number of benzene rings is 1. The molecule has 120 valence electrons. The van der Waals surface area contributed by atoms with E-state index in [9.17, 15) is 0 Å². The molecule has 1 rings (SSSR count). The molecule has 21 heavy (non-hydrogen) atoms. The van der Waals surface area contributed by atoms with Crippen LogP contribution in [0.1, 0.15) is 59.1 Å². The Bertz CT molecular complexity index is 406. The van der Waals surface area contributed by atoms with E-state index < -0.39 is 0 Å². The molecule has 1 aromatic carbocycles. The Hall–Kier alpha value is -0.860. The van der Waals surface area contributed by atoms with E-state index >= 15 is 0 Å². The van der Waals surface area contributed by atoms with Crippen LogP contribution < -0.4 is 5.32 Å². The van der Waals surface area contributed by atoms with Crippen LogP contribution in [0.5, 0.6) is 0 Å². The van der Waals surface area contributed by atoms with Crippen molar-refractivity contribution in [1.29, 1.82) is 0 Å². The second-order valence-electron chi connectivity index (χ2n) is 7.26. The average molecular weight is 290 g/mol. The molecule has 2 heteroatoms. The van der Waals surface area contributed by atoms with Crippen LogP contribution in [0.2, 0.25) is 0 Å². The zero-order chi connectivity index (χ0) is 15.9. The minimum Gasteiger partial charge on any atom is -0.308 e. The highest BCUT2D eigenvalue weighted by Crippen LogP contribution is 2.12. The molecule has 0 saturated carbocycles. The van der Waals surface area contributed by atoms with Gasteiger partial charge in [-0.15, -0.1) is 0 Å². The Morgan fingerprint density at radius 3 is 2.38 bits per heavy atom. The predicted molar refractivity (Wildman–Crippen MR) is 93.4 cm³/mol. The first-order valence-corrected chi connectivity index (χ1v) is 8.39. The Kier molecular flexibility index (Phi) is 7.41. The fourth-order valence-electron chi connectivity index (χ4n) is 2.34. The van der Waals surface area contributed by atoms with Crippen LogP contribution in [0.4, 0.5) is 0 Å². The lowest BCUT2D eigenvalue weighted by Gasteiger charge is -2.24. The van der Waals surface area contributed by atoms with E-state index in [1.165, 1.54) is 24.1 Å². The summed E-state index contributed by atoms with van der Waals surface area (Å²) in [6.45, 7) is 17.8. The quantitative estimate of drug-likeness (QED) is 0.761. The maximum atomic E-state index is 3.56. The van der Waals surface area contributed by atoms with Crippen molar-refractivity contribution in [3.63, 3.8) is 0 Å². The van der Waals surface area contributed by atoms with Gasteiger partial charge in [-0.2, -0.15) is 0 Å². The van der Waals surface area contributed by atoms with Crippen molar-refractivity contribution >= 4 is 0 Å². The molecule has 0 aliphatic heterocycles. The maximum Gasteiger partial charge on any atom is 0.0233 e. The van der Waals surface area contributed by atoms with Gasteiger partial charge in [0.25, 0.3) is 0 Å². The van der Waals surface area contributed by atoms with Gasteiger partial charge in [0.2, 0.25) is 0 Å². The molecule has 0 spiro atoms. The second kappa shape index (κ2) is 8.55. The Morgan fingerprint density at radius 2 is 1.81 bits per heavy atom. The summed E-state index contributed by atoms with van der Waals surface area (Å²) in [6, 6.07) is 9.00. The first-order valence-electron chi connectivity index (χ1n) is 8.39. The SMILES string of the molecule is CCC(C)CN(CC)Cc1cccc(CNC(C)(C)C)c1. The van der Waals surface area contributed by atoms with Gasteiger partial charge in [0.15, 0.2) is 0 Å². The predicted octanol–water partition coefficient (Wildman–Crippen LogP) is 4.44. The number of rotatable bonds is 8. The molecule has 0 aliphatic carbocycles. The lowest BCUT2D eigenvalue weighted by atomic mass is 10.1. The molecule has 0 amide bonds. The number of hydrogen-bond acceptors (Lipinski definition) is 2. The fraction of sp³-hybridized carbons (Fsp3) is 0.684. The van der Waals surface area contributed by atoms with Gasteiger partial charge < -0.3 is 5.32 Å². The molecule has 1 unspecified atom stereocenters. The second-order valence-corrected chi connectivity index (χ2v) is 7.26. The minimum absolute atomic E-state index is 0.169. The van der Waals surface area contributed by atoms with Crippen LogP contribution in [-0.4, -0.2) is 23.5 Å². The normalized spacial score (nSPS) is 13.7. The van der Waals surface area contributed by atoms with Crippen LogP contribution in [-0.2, 0) is 13.1 Å². The molecule has 0 aromatic heterocycles. The summed E-state index contributed by atoms with van der Waals surface area (Å²) in [5.41, 5.74) is 2.97. The van der Waals surface area contributed by atoms with Gasteiger partial charge >= 0.3 is 0 Å². The minimum atomic E-state index is 0.169. The van der Waals surface area contributed by atoms with Gasteiger partial charge in [-0.1, -0.05) is 51.5 Å². The molecule has 0 aliphatic rings. The Morgan fingerprint density at radius 1 is 1.14 bits per heavy atom. The molecular formula is C19H34N2. The highest BCUT2D eigenvalue weighted by molar-refractivity contribution is 5.23.